The molecule has 2 heterocycles. The van der Waals surface area contributed by atoms with Crippen molar-refractivity contribution in [1.29, 1.82) is 0 Å². The Morgan fingerprint density at radius 3 is 2.58 bits per heavy atom. The first-order valence-corrected chi connectivity index (χ1v) is 10.1. The fourth-order valence-electron chi connectivity index (χ4n) is 2.71. The highest BCUT2D eigenvalue weighted by molar-refractivity contribution is 8.16. The van der Waals surface area contributed by atoms with E-state index in [1.54, 1.807) is 36.0 Å². The molecule has 0 aliphatic carbocycles. The van der Waals surface area contributed by atoms with Crippen molar-refractivity contribution in [3.63, 3.8) is 0 Å². The third-order valence-corrected chi connectivity index (χ3v) is 6.28. The van der Waals surface area contributed by atoms with Crippen molar-refractivity contribution < 1.29 is 17.2 Å². The van der Waals surface area contributed by atoms with Crippen molar-refractivity contribution in [2.45, 2.75) is 4.90 Å². The lowest BCUT2D eigenvalue weighted by atomic mass is 10.1. The van der Waals surface area contributed by atoms with Crippen LogP contribution in [0.1, 0.15) is 5.56 Å². The molecular weight excluding hydrogens is 380 g/mol. The summed E-state index contributed by atoms with van der Waals surface area (Å²) in [5.41, 5.74) is 2.31. The highest BCUT2D eigenvalue weighted by atomic mass is 32.2. The second-order valence-corrected chi connectivity index (χ2v) is 8.21. The molecule has 9 heteroatoms. The van der Waals surface area contributed by atoms with Gasteiger partial charge in [-0.15, -0.1) is 0 Å². The summed E-state index contributed by atoms with van der Waals surface area (Å²) in [4.78, 5) is 6.17. The van der Waals surface area contributed by atoms with Gasteiger partial charge in [-0.05, 0) is 35.9 Å². The highest BCUT2D eigenvalue weighted by Gasteiger charge is 2.27. The van der Waals surface area contributed by atoms with Crippen molar-refractivity contribution in [3.05, 3.63) is 65.1 Å². The van der Waals surface area contributed by atoms with Gasteiger partial charge in [-0.1, -0.05) is 23.9 Å². The molecule has 2 aromatic carbocycles. The van der Waals surface area contributed by atoms with Crippen molar-refractivity contribution in [3.8, 4) is 0 Å². The van der Waals surface area contributed by atoms with Crippen molar-refractivity contribution in [2.24, 2.45) is 4.99 Å². The molecule has 0 saturated heterocycles. The average Bonchev–Trinajstić information content (AvgIpc) is 3.21. The molecule has 26 heavy (non-hydrogen) atoms. The Morgan fingerprint density at radius 1 is 1.08 bits per heavy atom. The van der Waals surface area contributed by atoms with Gasteiger partial charge < -0.3 is 4.90 Å². The molecule has 0 atom stereocenters. The van der Waals surface area contributed by atoms with E-state index in [9.17, 15) is 17.2 Å². The van der Waals surface area contributed by atoms with Crippen LogP contribution in [0.5, 0.6) is 0 Å². The maximum absolute atomic E-state index is 13.3. The van der Waals surface area contributed by atoms with Gasteiger partial charge in [-0.25, -0.2) is 17.2 Å². The third kappa shape index (κ3) is 3.08. The number of sulfonamides is 1. The lowest BCUT2D eigenvalue weighted by molar-refractivity contribution is 0.504. The largest absolute Gasteiger partial charge is 0.318 e. The maximum atomic E-state index is 13.3. The van der Waals surface area contributed by atoms with Gasteiger partial charge in [0.15, 0.2) is 16.8 Å². The summed E-state index contributed by atoms with van der Waals surface area (Å²) < 4.78 is 53.3. The summed E-state index contributed by atoms with van der Waals surface area (Å²) in [6.07, 6.45) is 0. The minimum absolute atomic E-state index is 0.333. The SMILES string of the molecule is O=S(=O)(Nc1ccc(C2=CSC3=NCCN23)cc1)c1ccc(F)c(F)c1. The van der Waals surface area contributed by atoms with E-state index in [0.717, 1.165) is 41.7 Å². The van der Waals surface area contributed by atoms with Crippen molar-refractivity contribution >= 4 is 38.3 Å². The number of hydrogen-bond donors (Lipinski definition) is 1. The topological polar surface area (TPSA) is 61.8 Å². The highest BCUT2D eigenvalue weighted by Crippen LogP contribution is 2.35. The summed E-state index contributed by atoms with van der Waals surface area (Å²) in [5, 5.41) is 2.99. The predicted octanol–water partition coefficient (Wildman–Crippen LogP) is 3.48. The third-order valence-electron chi connectivity index (χ3n) is 4.00. The molecule has 0 saturated carbocycles. The molecule has 0 fully saturated rings. The van der Waals surface area contributed by atoms with Crippen molar-refractivity contribution in [1.82, 2.24) is 4.90 Å². The standard InChI is InChI=1S/C17H13F2N3O2S2/c18-14-6-5-13(9-15(14)19)26(23,24)21-12-3-1-11(2-4-12)16-10-25-17-20-7-8-22(16)17/h1-6,9-10,21H,7-8H2. The molecular formula is C17H13F2N3O2S2. The normalized spacial score (nSPS) is 16.3. The van der Waals surface area contributed by atoms with Gasteiger partial charge in [-0.2, -0.15) is 0 Å². The molecule has 2 aliphatic heterocycles. The molecule has 5 nitrogen and oxygen atoms in total. The number of anilines is 1. The Kier molecular flexibility index (Phi) is 4.20. The van der Waals surface area contributed by atoms with E-state index in [4.69, 9.17) is 0 Å². The molecule has 2 aromatic rings. The molecule has 0 amide bonds. The van der Waals surface area contributed by atoms with E-state index in [-0.39, 0.29) is 4.90 Å². The summed E-state index contributed by atoms with van der Waals surface area (Å²) in [5.74, 6) is -2.31. The van der Waals surface area contributed by atoms with Crippen LogP contribution in [0.3, 0.4) is 0 Å². The van der Waals surface area contributed by atoms with Crippen LogP contribution in [-0.2, 0) is 10.0 Å². The van der Waals surface area contributed by atoms with Crippen LogP contribution in [0.2, 0.25) is 0 Å². The number of halogens is 2. The lowest BCUT2D eigenvalue weighted by Gasteiger charge is -2.17. The van der Waals surface area contributed by atoms with E-state index < -0.39 is 21.7 Å². The zero-order valence-corrected chi connectivity index (χ0v) is 14.9. The molecule has 4 rings (SSSR count). The second kappa shape index (κ2) is 6.40. The fraction of sp³-hybridized carbons (Fsp3) is 0.118. The van der Waals surface area contributed by atoms with E-state index in [1.807, 2.05) is 5.41 Å². The number of rotatable bonds is 4. The molecule has 0 bridgehead atoms. The quantitative estimate of drug-likeness (QED) is 0.864. The van der Waals surface area contributed by atoms with Gasteiger partial charge >= 0.3 is 0 Å². The van der Waals surface area contributed by atoms with Gasteiger partial charge in [-0.3, -0.25) is 9.71 Å². The summed E-state index contributed by atoms with van der Waals surface area (Å²) in [6, 6.07) is 9.32. The summed E-state index contributed by atoms with van der Waals surface area (Å²) in [7, 11) is -4.00. The van der Waals surface area contributed by atoms with Gasteiger partial charge in [0, 0.05) is 17.6 Å². The van der Waals surface area contributed by atoms with Gasteiger partial charge in [0.25, 0.3) is 10.0 Å². The van der Waals surface area contributed by atoms with Gasteiger partial charge in [0.2, 0.25) is 0 Å². The molecule has 0 radical (unpaired) electrons. The second-order valence-electron chi connectivity index (χ2n) is 5.70. The fourth-order valence-corrected chi connectivity index (χ4v) is 4.75. The Hall–Kier alpha value is -2.39. The average molecular weight is 393 g/mol. The minimum atomic E-state index is -4.00. The zero-order chi connectivity index (χ0) is 18.3. The molecule has 0 unspecified atom stereocenters. The number of hydrogen-bond acceptors (Lipinski definition) is 5. The van der Waals surface area contributed by atoms with Crippen LogP contribution in [0.25, 0.3) is 5.70 Å². The van der Waals surface area contributed by atoms with Crippen LogP contribution in [0, 0.1) is 11.6 Å². The van der Waals surface area contributed by atoms with Crippen LogP contribution in [-0.4, -0.2) is 31.6 Å². The van der Waals surface area contributed by atoms with E-state index in [0.29, 0.717) is 11.8 Å². The Morgan fingerprint density at radius 2 is 1.85 bits per heavy atom. The number of fused-ring (bicyclic) bond motifs is 1. The van der Waals surface area contributed by atoms with Gasteiger partial charge in [0.1, 0.15) is 0 Å². The molecule has 2 aliphatic rings. The Balaban J connectivity index is 1.54. The zero-order valence-electron chi connectivity index (χ0n) is 13.3. The summed E-state index contributed by atoms with van der Waals surface area (Å²) >= 11 is 1.57. The lowest BCUT2D eigenvalue weighted by Crippen LogP contribution is -2.19. The minimum Gasteiger partial charge on any atom is -0.318 e. The Labute approximate surface area is 153 Å². The number of nitrogens with zero attached hydrogens (tertiary/aromatic N) is 2. The van der Waals surface area contributed by atoms with Crippen LogP contribution < -0.4 is 4.72 Å². The Bertz CT molecular complexity index is 1030. The first-order chi connectivity index (χ1) is 12.4. The monoisotopic (exact) mass is 393 g/mol. The molecule has 0 aromatic heterocycles. The van der Waals surface area contributed by atoms with E-state index >= 15 is 0 Å². The molecule has 1 N–H and O–H groups in total. The first-order valence-electron chi connectivity index (χ1n) is 7.71. The smallest absolute Gasteiger partial charge is 0.261 e. The molecule has 134 valence electrons. The number of amidine groups is 1. The first kappa shape index (κ1) is 17.0. The molecule has 0 spiro atoms. The van der Waals surface area contributed by atoms with Crippen LogP contribution in [0.4, 0.5) is 14.5 Å². The van der Waals surface area contributed by atoms with Gasteiger partial charge in [0.05, 0.1) is 17.1 Å². The predicted molar refractivity (Wildman–Crippen MR) is 98.2 cm³/mol. The number of aliphatic imine (C=N–C) groups is 1. The maximum Gasteiger partial charge on any atom is 0.261 e. The van der Waals surface area contributed by atoms with E-state index in [2.05, 4.69) is 14.6 Å². The number of nitrogens with one attached hydrogen (secondary N) is 1. The van der Waals surface area contributed by atoms with Crippen LogP contribution in [0.15, 0.2) is 57.8 Å². The van der Waals surface area contributed by atoms with Crippen molar-refractivity contribution in [2.75, 3.05) is 17.8 Å². The summed E-state index contributed by atoms with van der Waals surface area (Å²) in [6.45, 7) is 1.60. The number of benzene rings is 2. The number of thioether (sulfide) groups is 1. The van der Waals surface area contributed by atoms with Crippen LogP contribution >= 0.6 is 11.8 Å². The van der Waals surface area contributed by atoms with E-state index in [1.165, 1.54) is 0 Å².